The van der Waals surface area contributed by atoms with Crippen LogP contribution in [0, 0.1) is 0 Å². The number of rotatable bonds is 8. The minimum Gasteiger partial charge on any atom is -0.456 e. The summed E-state index contributed by atoms with van der Waals surface area (Å²) in [4.78, 5) is 0. The minimum absolute atomic E-state index is 0.339. The number of ether oxygens (including phenoxy) is 1. The highest BCUT2D eigenvalue weighted by Gasteiger charge is 2.39. The summed E-state index contributed by atoms with van der Waals surface area (Å²) in [6.07, 6.45) is 0. The third-order valence-corrected chi connectivity index (χ3v) is 13.3. The van der Waals surface area contributed by atoms with Crippen LogP contribution in [-0.2, 0) is 16.4 Å². The van der Waals surface area contributed by atoms with Gasteiger partial charge in [-0.05, 0) is 56.0 Å². The lowest BCUT2D eigenvalue weighted by molar-refractivity contribution is 0.413. The van der Waals surface area contributed by atoms with E-state index in [4.69, 9.17) is 4.74 Å². The van der Waals surface area contributed by atoms with Crippen molar-refractivity contribution in [2.24, 2.45) is 0 Å². The Morgan fingerprint density at radius 2 is 1.12 bits per heavy atom. The molecule has 0 saturated heterocycles. The summed E-state index contributed by atoms with van der Waals surface area (Å²) in [5, 5.41) is 3.74. The van der Waals surface area contributed by atoms with Gasteiger partial charge in [0.25, 0.3) is 0 Å². The van der Waals surface area contributed by atoms with Crippen molar-refractivity contribution in [2.45, 2.75) is 50.8 Å². The average molecular weight is 680 g/mol. The van der Waals surface area contributed by atoms with Crippen LogP contribution >= 0.6 is 7.92 Å². The van der Waals surface area contributed by atoms with Crippen LogP contribution in [0.2, 0.25) is 0 Å². The molecule has 246 valence electrons. The second-order valence-corrected chi connectivity index (χ2v) is 18.2. The minimum atomic E-state index is -1.34. The number of fused-ring (bicyclic) bond motifs is 2. The lowest BCUT2D eigenvalue weighted by Gasteiger charge is -2.38. The molecule has 7 rings (SSSR count). The molecule has 0 bridgehead atoms. The molecule has 2 atom stereocenters. The Morgan fingerprint density at radius 1 is 0.612 bits per heavy atom. The molecule has 49 heavy (non-hydrogen) atoms. The highest BCUT2D eigenvalue weighted by Crippen LogP contribution is 2.52. The van der Waals surface area contributed by atoms with Crippen LogP contribution < -0.4 is 25.4 Å². The van der Waals surface area contributed by atoms with Gasteiger partial charge in [-0.15, -0.1) is 0 Å². The molecule has 0 fully saturated rings. The van der Waals surface area contributed by atoms with Crippen LogP contribution in [0.25, 0.3) is 11.1 Å². The number of benzene rings is 6. The zero-order valence-electron chi connectivity index (χ0n) is 28.7. The van der Waals surface area contributed by atoms with Crippen LogP contribution in [0.4, 0.5) is 0 Å². The van der Waals surface area contributed by atoms with E-state index in [1.54, 1.807) is 0 Å². The van der Waals surface area contributed by atoms with Crippen molar-refractivity contribution in [3.63, 3.8) is 0 Å². The van der Waals surface area contributed by atoms with Gasteiger partial charge in [-0.3, -0.25) is 0 Å². The number of hydrogen-bond donors (Lipinski definition) is 1. The summed E-state index contributed by atoms with van der Waals surface area (Å²) < 4.78 is 24.1. The Morgan fingerprint density at radius 3 is 1.69 bits per heavy atom. The fourth-order valence-corrected chi connectivity index (χ4v) is 9.84. The molecule has 0 aromatic heterocycles. The standard InChI is InChI=1S/C44H42NO2PS/c1-43(2,3)49(46)45-40(33-29-27-32(28-30-33)31-17-9-6-10-18-31)36-23-15-24-37-41(36)47-42-38(44(37,4)5)25-16-26-39(42)48(34-19-11-7-12-20-34)35-21-13-8-14-22-35/h6-30,40,45H,1-5H3. The van der Waals surface area contributed by atoms with Crippen LogP contribution in [0.15, 0.2) is 152 Å². The molecule has 0 radical (unpaired) electrons. The van der Waals surface area contributed by atoms with Crippen molar-refractivity contribution >= 4 is 34.8 Å². The maximum absolute atomic E-state index is 13.8. The highest BCUT2D eigenvalue weighted by atomic mass is 32.2. The molecule has 0 amide bonds. The smallest absolute Gasteiger partial charge is 0.139 e. The van der Waals surface area contributed by atoms with E-state index in [1.807, 2.05) is 26.8 Å². The summed E-state index contributed by atoms with van der Waals surface area (Å²) in [6, 6.07) is 53.2. The van der Waals surface area contributed by atoms with Gasteiger partial charge < -0.3 is 4.74 Å². The van der Waals surface area contributed by atoms with Crippen molar-refractivity contribution in [3.8, 4) is 22.6 Å². The highest BCUT2D eigenvalue weighted by molar-refractivity contribution is 7.84. The van der Waals surface area contributed by atoms with E-state index in [0.29, 0.717) is 0 Å². The second kappa shape index (κ2) is 13.5. The summed E-state index contributed by atoms with van der Waals surface area (Å²) in [5.74, 6) is 1.75. The van der Waals surface area contributed by atoms with E-state index in [1.165, 1.54) is 21.5 Å². The maximum Gasteiger partial charge on any atom is 0.139 e. The fraction of sp³-hybridized carbons (Fsp3) is 0.182. The molecular formula is C44H42NO2PS. The molecule has 0 spiro atoms. The quantitative estimate of drug-likeness (QED) is 0.163. The Balaban J connectivity index is 1.38. The first-order valence-corrected chi connectivity index (χ1v) is 19.3. The van der Waals surface area contributed by atoms with E-state index in [9.17, 15) is 4.21 Å². The monoisotopic (exact) mass is 679 g/mol. The summed E-state index contributed by atoms with van der Waals surface area (Å²) in [6.45, 7) is 10.6. The molecule has 6 aromatic carbocycles. The van der Waals surface area contributed by atoms with Gasteiger partial charge in [-0.1, -0.05) is 166 Å². The first-order valence-electron chi connectivity index (χ1n) is 16.8. The van der Waals surface area contributed by atoms with E-state index >= 15 is 0 Å². The molecular weight excluding hydrogens is 638 g/mol. The van der Waals surface area contributed by atoms with Crippen LogP contribution in [-0.4, -0.2) is 8.96 Å². The Kier molecular flexibility index (Phi) is 9.15. The lowest BCUT2D eigenvalue weighted by atomic mass is 9.74. The number of nitrogens with one attached hydrogen (secondary N) is 1. The molecule has 1 aliphatic heterocycles. The van der Waals surface area contributed by atoms with Gasteiger partial charge in [0.2, 0.25) is 0 Å². The third-order valence-electron chi connectivity index (χ3n) is 9.30. The van der Waals surface area contributed by atoms with Crippen molar-refractivity contribution in [3.05, 3.63) is 174 Å². The maximum atomic E-state index is 13.8. The fourth-order valence-electron chi connectivity index (χ4n) is 6.61. The molecule has 5 heteroatoms. The molecule has 0 aliphatic carbocycles. The molecule has 1 N–H and O–H groups in total. The average Bonchev–Trinajstić information content (AvgIpc) is 3.12. The zero-order valence-corrected chi connectivity index (χ0v) is 30.4. The number of hydrogen-bond acceptors (Lipinski definition) is 2. The van der Waals surface area contributed by atoms with Crippen LogP contribution in [0.1, 0.15) is 62.9 Å². The lowest BCUT2D eigenvalue weighted by Crippen LogP contribution is -2.37. The van der Waals surface area contributed by atoms with Gasteiger partial charge in [0.15, 0.2) is 0 Å². The van der Waals surface area contributed by atoms with E-state index in [2.05, 4.69) is 164 Å². The SMILES string of the molecule is CC1(C)c2cccc(C(NS(=O)C(C)(C)C)c3ccc(-c4ccccc4)cc3)c2Oc2c(P(c3ccccc3)c3ccccc3)cccc21. The summed E-state index contributed by atoms with van der Waals surface area (Å²) in [5.41, 5.74) is 6.25. The summed E-state index contributed by atoms with van der Waals surface area (Å²) >= 11 is 0. The van der Waals surface area contributed by atoms with Gasteiger partial charge in [0.1, 0.15) is 11.5 Å². The molecule has 6 aromatic rings. The van der Waals surface area contributed by atoms with Crippen molar-refractivity contribution in [1.29, 1.82) is 0 Å². The molecule has 2 unspecified atom stereocenters. The Hall–Kier alpha value is -4.34. The van der Waals surface area contributed by atoms with Gasteiger partial charge in [0, 0.05) is 27.4 Å². The van der Waals surface area contributed by atoms with Crippen molar-refractivity contribution < 1.29 is 8.95 Å². The van der Waals surface area contributed by atoms with Crippen LogP contribution in [0.3, 0.4) is 0 Å². The number of para-hydroxylation sites is 2. The predicted octanol–water partition coefficient (Wildman–Crippen LogP) is 9.68. The zero-order chi connectivity index (χ0) is 34.2. The van der Waals surface area contributed by atoms with E-state index in [0.717, 1.165) is 39.3 Å². The molecule has 1 aliphatic rings. The van der Waals surface area contributed by atoms with Crippen molar-refractivity contribution in [2.75, 3.05) is 0 Å². The van der Waals surface area contributed by atoms with Crippen molar-refractivity contribution in [1.82, 2.24) is 4.72 Å². The third kappa shape index (κ3) is 6.54. The Labute approximate surface area is 294 Å². The second-order valence-electron chi connectivity index (χ2n) is 14.0. The van der Waals surface area contributed by atoms with E-state index in [-0.39, 0.29) is 11.5 Å². The van der Waals surface area contributed by atoms with Gasteiger partial charge >= 0.3 is 0 Å². The summed E-state index contributed by atoms with van der Waals surface area (Å²) in [7, 11) is -2.24. The first-order chi connectivity index (χ1) is 23.6. The van der Waals surface area contributed by atoms with Crippen LogP contribution in [0.5, 0.6) is 11.5 Å². The Bertz CT molecular complexity index is 2050. The van der Waals surface area contributed by atoms with Gasteiger partial charge in [-0.25, -0.2) is 8.93 Å². The molecule has 3 nitrogen and oxygen atoms in total. The predicted molar refractivity (Wildman–Crippen MR) is 209 cm³/mol. The van der Waals surface area contributed by atoms with Gasteiger partial charge in [-0.2, -0.15) is 0 Å². The topological polar surface area (TPSA) is 38.3 Å². The molecule has 1 heterocycles. The molecule has 0 saturated carbocycles. The first kappa shape index (κ1) is 33.2. The van der Waals surface area contributed by atoms with E-state index < -0.39 is 23.7 Å². The van der Waals surface area contributed by atoms with Gasteiger partial charge in [0.05, 0.1) is 21.8 Å². The largest absolute Gasteiger partial charge is 0.456 e. The normalized spacial score (nSPS) is 14.7.